The molecule has 1 aliphatic heterocycles. The summed E-state index contributed by atoms with van der Waals surface area (Å²) in [7, 11) is 4.17. The van der Waals surface area contributed by atoms with Crippen LogP contribution in [-0.2, 0) is 0 Å². The molecular formula is C14H22BrN3. The quantitative estimate of drug-likeness (QED) is 0.925. The van der Waals surface area contributed by atoms with Gasteiger partial charge in [-0.15, -0.1) is 0 Å². The summed E-state index contributed by atoms with van der Waals surface area (Å²) in [6, 6.07) is 7.16. The van der Waals surface area contributed by atoms with Crippen molar-refractivity contribution in [2.24, 2.45) is 0 Å². The SMILES string of the molecule is CC(c1ccc(Br)c(N(C)C)c1)N1CCNCC1. The zero-order valence-electron chi connectivity index (χ0n) is 11.4. The minimum atomic E-state index is 0.485. The van der Waals surface area contributed by atoms with E-state index >= 15 is 0 Å². The van der Waals surface area contributed by atoms with Crippen molar-refractivity contribution in [1.29, 1.82) is 0 Å². The largest absolute Gasteiger partial charge is 0.377 e. The Morgan fingerprint density at radius 3 is 2.56 bits per heavy atom. The first-order valence-corrected chi connectivity index (χ1v) is 7.30. The van der Waals surface area contributed by atoms with Crippen molar-refractivity contribution in [3.05, 3.63) is 28.2 Å². The van der Waals surface area contributed by atoms with Gasteiger partial charge in [0.15, 0.2) is 0 Å². The van der Waals surface area contributed by atoms with Crippen LogP contribution in [0.15, 0.2) is 22.7 Å². The molecule has 0 radical (unpaired) electrons. The van der Waals surface area contributed by atoms with Crippen LogP contribution in [0, 0.1) is 0 Å². The van der Waals surface area contributed by atoms with Crippen LogP contribution in [-0.4, -0.2) is 45.2 Å². The first kappa shape index (κ1) is 13.8. The third kappa shape index (κ3) is 3.05. The maximum atomic E-state index is 3.61. The molecule has 0 aliphatic carbocycles. The Balaban J connectivity index is 2.19. The van der Waals surface area contributed by atoms with Crippen molar-refractivity contribution in [2.75, 3.05) is 45.2 Å². The van der Waals surface area contributed by atoms with Gasteiger partial charge in [0, 0.05) is 50.8 Å². The van der Waals surface area contributed by atoms with Crippen LogP contribution >= 0.6 is 15.9 Å². The molecular weight excluding hydrogens is 290 g/mol. The number of hydrogen-bond acceptors (Lipinski definition) is 3. The first-order valence-electron chi connectivity index (χ1n) is 6.51. The maximum absolute atomic E-state index is 3.61. The van der Waals surface area contributed by atoms with Crippen molar-refractivity contribution in [3.63, 3.8) is 0 Å². The van der Waals surface area contributed by atoms with Gasteiger partial charge >= 0.3 is 0 Å². The summed E-state index contributed by atoms with van der Waals surface area (Å²) in [5.41, 5.74) is 2.64. The molecule has 1 aromatic carbocycles. The number of piperazine rings is 1. The van der Waals surface area contributed by atoms with Crippen LogP contribution in [0.2, 0.25) is 0 Å². The van der Waals surface area contributed by atoms with E-state index in [1.807, 2.05) is 0 Å². The van der Waals surface area contributed by atoms with E-state index in [-0.39, 0.29) is 0 Å². The molecule has 2 rings (SSSR count). The highest BCUT2D eigenvalue weighted by atomic mass is 79.9. The Labute approximate surface area is 118 Å². The number of hydrogen-bond donors (Lipinski definition) is 1. The highest BCUT2D eigenvalue weighted by Crippen LogP contribution is 2.30. The molecule has 1 atom stereocenters. The number of nitrogens with one attached hydrogen (secondary N) is 1. The zero-order valence-corrected chi connectivity index (χ0v) is 13.0. The Morgan fingerprint density at radius 1 is 1.28 bits per heavy atom. The summed E-state index contributed by atoms with van der Waals surface area (Å²) in [5.74, 6) is 0. The summed E-state index contributed by atoms with van der Waals surface area (Å²) in [6.45, 7) is 6.76. The summed E-state index contributed by atoms with van der Waals surface area (Å²) in [5, 5.41) is 3.40. The first-order chi connectivity index (χ1) is 8.59. The van der Waals surface area contributed by atoms with E-state index < -0.39 is 0 Å². The number of nitrogens with zero attached hydrogens (tertiary/aromatic N) is 2. The molecule has 1 saturated heterocycles. The molecule has 18 heavy (non-hydrogen) atoms. The van der Waals surface area contributed by atoms with Crippen LogP contribution in [0.4, 0.5) is 5.69 Å². The fourth-order valence-corrected chi connectivity index (χ4v) is 3.01. The molecule has 1 N–H and O–H groups in total. The highest BCUT2D eigenvalue weighted by Gasteiger charge is 2.18. The predicted octanol–water partition coefficient (Wildman–Crippen LogP) is 2.48. The number of rotatable bonds is 3. The van der Waals surface area contributed by atoms with Crippen LogP contribution in [0.1, 0.15) is 18.5 Å². The van der Waals surface area contributed by atoms with E-state index in [1.165, 1.54) is 11.3 Å². The molecule has 4 heteroatoms. The van der Waals surface area contributed by atoms with Gasteiger partial charge in [0.2, 0.25) is 0 Å². The predicted molar refractivity (Wildman–Crippen MR) is 81.3 cm³/mol. The Morgan fingerprint density at radius 2 is 1.94 bits per heavy atom. The number of benzene rings is 1. The molecule has 3 nitrogen and oxygen atoms in total. The van der Waals surface area contributed by atoms with Gasteiger partial charge in [-0.25, -0.2) is 0 Å². The normalized spacial score (nSPS) is 18.7. The molecule has 1 fully saturated rings. The summed E-state index contributed by atoms with van der Waals surface area (Å²) >= 11 is 3.61. The van der Waals surface area contributed by atoms with E-state index in [9.17, 15) is 0 Å². The second-order valence-electron chi connectivity index (χ2n) is 5.07. The van der Waals surface area contributed by atoms with Crippen LogP contribution in [0.25, 0.3) is 0 Å². The summed E-state index contributed by atoms with van der Waals surface area (Å²) < 4.78 is 1.16. The number of halogens is 1. The zero-order chi connectivity index (χ0) is 13.1. The minimum Gasteiger partial charge on any atom is -0.377 e. The van der Waals surface area contributed by atoms with Crippen molar-refractivity contribution in [1.82, 2.24) is 10.2 Å². The molecule has 0 aromatic heterocycles. The van der Waals surface area contributed by atoms with Crippen LogP contribution < -0.4 is 10.2 Å². The van der Waals surface area contributed by atoms with Gasteiger partial charge in [0.05, 0.1) is 5.69 Å². The minimum absolute atomic E-state index is 0.485. The highest BCUT2D eigenvalue weighted by molar-refractivity contribution is 9.10. The number of anilines is 1. The third-order valence-electron chi connectivity index (χ3n) is 3.63. The molecule has 1 unspecified atom stereocenters. The molecule has 1 aromatic rings. The molecule has 0 saturated carbocycles. The maximum Gasteiger partial charge on any atom is 0.0508 e. The molecule has 0 bridgehead atoms. The van der Waals surface area contributed by atoms with Crippen molar-refractivity contribution >= 4 is 21.6 Å². The fraction of sp³-hybridized carbons (Fsp3) is 0.571. The van der Waals surface area contributed by atoms with Crippen molar-refractivity contribution in [2.45, 2.75) is 13.0 Å². The van der Waals surface area contributed by atoms with Gasteiger partial charge in [-0.1, -0.05) is 6.07 Å². The molecule has 1 aliphatic rings. The lowest BCUT2D eigenvalue weighted by molar-refractivity contribution is 0.185. The lowest BCUT2D eigenvalue weighted by atomic mass is 10.1. The smallest absolute Gasteiger partial charge is 0.0508 e. The van der Waals surface area contributed by atoms with Crippen molar-refractivity contribution in [3.8, 4) is 0 Å². The molecule has 100 valence electrons. The Hall–Kier alpha value is -0.580. The average molecular weight is 312 g/mol. The molecule has 1 heterocycles. The average Bonchev–Trinajstić information content (AvgIpc) is 2.39. The van der Waals surface area contributed by atoms with Gasteiger partial charge in [0.1, 0.15) is 0 Å². The van der Waals surface area contributed by atoms with E-state index in [2.05, 4.69) is 70.3 Å². The second-order valence-corrected chi connectivity index (χ2v) is 5.92. The topological polar surface area (TPSA) is 18.5 Å². The standard InChI is InChI=1S/C14H22BrN3/c1-11(18-8-6-16-7-9-18)12-4-5-13(15)14(10-12)17(2)3/h4-5,10-11,16H,6-9H2,1-3H3. The van der Waals surface area contributed by atoms with Gasteiger partial charge in [-0.2, -0.15) is 0 Å². The monoisotopic (exact) mass is 311 g/mol. The lowest BCUT2D eigenvalue weighted by Gasteiger charge is -2.33. The van der Waals surface area contributed by atoms with Crippen LogP contribution in [0.3, 0.4) is 0 Å². The molecule has 0 amide bonds. The van der Waals surface area contributed by atoms with Gasteiger partial charge in [-0.3, -0.25) is 4.90 Å². The van der Waals surface area contributed by atoms with Crippen molar-refractivity contribution < 1.29 is 0 Å². The van der Waals surface area contributed by atoms with Gasteiger partial charge < -0.3 is 10.2 Å². The van der Waals surface area contributed by atoms with E-state index in [0.717, 1.165) is 30.7 Å². The van der Waals surface area contributed by atoms with E-state index in [0.29, 0.717) is 6.04 Å². The third-order valence-corrected chi connectivity index (χ3v) is 4.30. The van der Waals surface area contributed by atoms with Crippen LogP contribution in [0.5, 0.6) is 0 Å². The molecule has 0 spiro atoms. The lowest BCUT2D eigenvalue weighted by Crippen LogP contribution is -2.44. The Bertz CT molecular complexity index is 400. The summed E-state index contributed by atoms with van der Waals surface area (Å²) in [6.07, 6.45) is 0. The summed E-state index contributed by atoms with van der Waals surface area (Å²) in [4.78, 5) is 4.69. The van der Waals surface area contributed by atoms with Gasteiger partial charge in [0.25, 0.3) is 0 Å². The van der Waals surface area contributed by atoms with E-state index in [4.69, 9.17) is 0 Å². The van der Waals surface area contributed by atoms with Gasteiger partial charge in [-0.05, 0) is 40.5 Å². The van der Waals surface area contributed by atoms with E-state index in [1.54, 1.807) is 0 Å². The second kappa shape index (κ2) is 6.04. The Kier molecular flexibility index (Phi) is 4.65. The fourth-order valence-electron chi connectivity index (χ4n) is 2.41.